The highest BCUT2D eigenvalue weighted by atomic mass is 79.9. The Morgan fingerprint density at radius 3 is 2.65 bits per heavy atom. The molecule has 10 heteroatoms. The molecule has 1 aromatic carbocycles. The first kappa shape index (κ1) is 18.4. The molecule has 23 heavy (non-hydrogen) atoms. The van der Waals surface area contributed by atoms with Crippen molar-refractivity contribution in [2.45, 2.75) is 31.3 Å². The van der Waals surface area contributed by atoms with Gasteiger partial charge in [0.1, 0.15) is 0 Å². The molecule has 1 heterocycles. The summed E-state index contributed by atoms with van der Waals surface area (Å²) in [7, 11) is -2.24. The third kappa shape index (κ3) is 3.93. The average Bonchev–Trinajstić information content (AvgIpc) is 2.92. The van der Waals surface area contributed by atoms with Gasteiger partial charge in [0, 0.05) is 15.5 Å². The van der Waals surface area contributed by atoms with E-state index >= 15 is 0 Å². The van der Waals surface area contributed by atoms with Crippen LogP contribution in [0.5, 0.6) is 6.01 Å². The number of rotatable bonds is 6. The van der Waals surface area contributed by atoms with Crippen molar-refractivity contribution in [1.29, 1.82) is 0 Å². The predicted molar refractivity (Wildman–Crippen MR) is 92.8 cm³/mol. The third-order valence-electron chi connectivity index (χ3n) is 3.15. The summed E-state index contributed by atoms with van der Waals surface area (Å²) in [6.07, 6.45) is 0. The van der Waals surface area contributed by atoms with Gasteiger partial charge >= 0.3 is 6.01 Å². The molecule has 1 N–H and O–H groups in total. The highest BCUT2D eigenvalue weighted by Gasteiger charge is 2.25. The van der Waals surface area contributed by atoms with Crippen LogP contribution in [0.3, 0.4) is 0 Å². The van der Waals surface area contributed by atoms with Crippen molar-refractivity contribution in [2.24, 2.45) is 0 Å². The highest BCUT2D eigenvalue weighted by molar-refractivity contribution is 9.11. The molecule has 2 rings (SSSR count). The van der Waals surface area contributed by atoms with Crippen molar-refractivity contribution < 1.29 is 13.2 Å². The van der Waals surface area contributed by atoms with E-state index in [1.807, 2.05) is 6.92 Å². The molecular weight excluding hydrogens is 452 g/mol. The fraction of sp³-hybridized carbons (Fsp3) is 0.385. The third-order valence-corrected chi connectivity index (χ3v) is 6.17. The normalized spacial score (nSPS) is 13.1. The van der Waals surface area contributed by atoms with Crippen molar-refractivity contribution in [1.82, 2.24) is 19.5 Å². The van der Waals surface area contributed by atoms with Gasteiger partial charge in [-0.3, -0.25) is 4.57 Å². The molecule has 126 valence electrons. The van der Waals surface area contributed by atoms with Gasteiger partial charge in [0.15, 0.2) is 5.82 Å². The van der Waals surface area contributed by atoms with Gasteiger partial charge in [-0.25, -0.2) is 13.1 Å². The molecular formula is C13H16Br2N4O3S. The Labute approximate surface area is 151 Å². The smallest absolute Gasteiger partial charge is 0.316 e. The van der Waals surface area contributed by atoms with Crippen LogP contribution in [-0.4, -0.2) is 30.3 Å². The molecule has 0 radical (unpaired) electrons. The maximum Gasteiger partial charge on any atom is 0.316 e. The van der Waals surface area contributed by atoms with E-state index in [1.54, 1.807) is 23.6 Å². The SMILES string of the molecule is CCn1c(OC)nnc1[C@@H](C)NS(=O)(=O)c1cc(Br)ccc1Br. The number of hydrogen-bond donors (Lipinski definition) is 1. The van der Waals surface area contributed by atoms with Gasteiger partial charge < -0.3 is 4.74 Å². The lowest BCUT2D eigenvalue weighted by atomic mass is 10.3. The standard InChI is InChI=1S/C13H16Br2N4O3S/c1-4-19-12(16-17-13(19)22-3)8(2)18-23(20,21)11-7-9(14)5-6-10(11)15/h5-8,18H,4H2,1-3H3/t8-/m1/s1. The van der Waals surface area contributed by atoms with Crippen LogP contribution in [-0.2, 0) is 16.6 Å². The Hall–Kier alpha value is -0.970. The maximum atomic E-state index is 12.6. The Kier molecular flexibility index (Phi) is 5.82. The lowest BCUT2D eigenvalue weighted by molar-refractivity contribution is 0.354. The molecule has 0 unspecified atom stereocenters. The van der Waals surface area contributed by atoms with Gasteiger partial charge in [-0.15, -0.1) is 5.10 Å². The van der Waals surface area contributed by atoms with E-state index in [0.717, 1.165) is 0 Å². The van der Waals surface area contributed by atoms with Gasteiger partial charge in [-0.05, 0) is 48.0 Å². The van der Waals surface area contributed by atoms with Crippen LogP contribution < -0.4 is 9.46 Å². The van der Waals surface area contributed by atoms with E-state index in [4.69, 9.17) is 4.74 Å². The second-order valence-electron chi connectivity index (χ2n) is 4.71. The highest BCUT2D eigenvalue weighted by Crippen LogP contribution is 2.27. The van der Waals surface area contributed by atoms with Crippen LogP contribution in [0.15, 0.2) is 32.0 Å². The van der Waals surface area contributed by atoms with E-state index < -0.39 is 16.1 Å². The number of halogens is 2. The lowest BCUT2D eigenvalue weighted by Crippen LogP contribution is -2.29. The minimum atomic E-state index is -3.73. The van der Waals surface area contributed by atoms with Gasteiger partial charge in [0.2, 0.25) is 10.0 Å². The molecule has 0 saturated carbocycles. The Bertz CT molecular complexity index is 808. The number of ether oxygens (including phenoxy) is 1. The zero-order valence-electron chi connectivity index (χ0n) is 12.7. The second kappa shape index (κ2) is 7.29. The van der Waals surface area contributed by atoms with E-state index in [9.17, 15) is 8.42 Å². The first-order valence-electron chi connectivity index (χ1n) is 6.74. The van der Waals surface area contributed by atoms with Crippen LogP contribution in [0.1, 0.15) is 25.7 Å². The molecule has 1 aromatic heterocycles. The van der Waals surface area contributed by atoms with Gasteiger partial charge in [0.25, 0.3) is 0 Å². The van der Waals surface area contributed by atoms with Crippen molar-refractivity contribution in [3.63, 3.8) is 0 Å². The quantitative estimate of drug-likeness (QED) is 0.705. The lowest BCUT2D eigenvalue weighted by Gasteiger charge is -2.15. The number of aromatic nitrogens is 3. The molecule has 1 atom stereocenters. The van der Waals surface area contributed by atoms with Crippen molar-refractivity contribution in [3.05, 3.63) is 33.0 Å². The summed E-state index contributed by atoms with van der Waals surface area (Å²) in [5.41, 5.74) is 0. The summed E-state index contributed by atoms with van der Waals surface area (Å²) >= 11 is 6.54. The molecule has 2 aromatic rings. The van der Waals surface area contributed by atoms with Crippen LogP contribution in [0, 0.1) is 0 Å². The minimum Gasteiger partial charge on any atom is -0.467 e. The summed E-state index contributed by atoms with van der Waals surface area (Å²) in [6, 6.07) is 4.73. The number of benzene rings is 1. The number of methoxy groups -OCH3 is 1. The van der Waals surface area contributed by atoms with Gasteiger partial charge in [-0.2, -0.15) is 0 Å². The molecule has 0 aliphatic heterocycles. The van der Waals surface area contributed by atoms with E-state index in [0.29, 0.717) is 27.3 Å². The summed E-state index contributed by atoms with van der Waals surface area (Å²) in [6.45, 7) is 4.18. The van der Waals surface area contributed by atoms with E-state index in [1.165, 1.54) is 13.2 Å². The first-order chi connectivity index (χ1) is 10.8. The molecule has 0 saturated heterocycles. The van der Waals surface area contributed by atoms with Gasteiger partial charge in [-0.1, -0.05) is 21.0 Å². The van der Waals surface area contributed by atoms with Crippen LogP contribution in [0.2, 0.25) is 0 Å². The maximum absolute atomic E-state index is 12.6. The Morgan fingerprint density at radius 1 is 1.35 bits per heavy atom. The van der Waals surface area contributed by atoms with Crippen LogP contribution >= 0.6 is 31.9 Å². The Morgan fingerprint density at radius 2 is 2.04 bits per heavy atom. The number of sulfonamides is 1. The second-order valence-corrected chi connectivity index (χ2v) is 8.16. The average molecular weight is 468 g/mol. The monoisotopic (exact) mass is 466 g/mol. The minimum absolute atomic E-state index is 0.147. The summed E-state index contributed by atoms with van der Waals surface area (Å²) in [5.74, 6) is 0.485. The van der Waals surface area contributed by atoms with Crippen molar-refractivity contribution in [2.75, 3.05) is 7.11 Å². The van der Waals surface area contributed by atoms with E-state index in [-0.39, 0.29) is 4.90 Å². The summed E-state index contributed by atoms with van der Waals surface area (Å²) in [5, 5.41) is 7.92. The molecule has 0 bridgehead atoms. The Balaban J connectivity index is 2.34. The zero-order chi connectivity index (χ0) is 17.2. The molecule has 0 aliphatic carbocycles. The molecule has 0 spiro atoms. The van der Waals surface area contributed by atoms with Crippen molar-refractivity contribution >= 4 is 41.9 Å². The number of hydrogen-bond acceptors (Lipinski definition) is 5. The molecule has 0 aliphatic rings. The van der Waals surface area contributed by atoms with Crippen LogP contribution in [0.4, 0.5) is 0 Å². The fourth-order valence-corrected chi connectivity index (χ4v) is 4.80. The largest absolute Gasteiger partial charge is 0.467 e. The summed E-state index contributed by atoms with van der Waals surface area (Å²) < 4.78 is 35.8. The number of nitrogens with zero attached hydrogens (tertiary/aromatic N) is 3. The zero-order valence-corrected chi connectivity index (χ0v) is 16.7. The molecule has 0 amide bonds. The van der Waals surface area contributed by atoms with Crippen molar-refractivity contribution in [3.8, 4) is 6.01 Å². The topological polar surface area (TPSA) is 86.1 Å². The predicted octanol–water partition coefficient (Wildman–Crippen LogP) is 2.87. The first-order valence-corrected chi connectivity index (χ1v) is 9.81. The van der Waals surface area contributed by atoms with Gasteiger partial charge in [0.05, 0.1) is 18.0 Å². The van der Waals surface area contributed by atoms with E-state index in [2.05, 4.69) is 46.8 Å². The number of nitrogens with one attached hydrogen (secondary N) is 1. The fourth-order valence-electron chi connectivity index (χ4n) is 2.10. The molecule has 0 fully saturated rings. The summed E-state index contributed by atoms with van der Waals surface area (Å²) in [4.78, 5) is 0.147. The molecule has 7 nitrogen and oxygen atoms in total. The van der Waals surface area contributed by atoms with Crippen LogP contribution in [0.25, 0.3) is 0 Å².